The molecule has 0 bridgehead atoms. The zero-order chi connectivity index (χ0) is 12.5. The van der Waals surface area contributed by atoms with E-state index in [1.165, 1.54) is 0 Å². The van der Waals surface area contributed by atoms with Crippen molar-refractivity contribution in [2.45, 2.75) is 6.54 Å². The fourth-order valence-corrected chi connectivity index (χ4v) is 1.88. The Hall–Kier alpha value is -0.130. The van der Waals surface area contributed by atoms with Crippen LogP contribution in [0.4, 0.5) is 0 Å². The molecule has 1 N–H and O–H groups in total. The van der Waals surface area contributed by atoms with Crippen molar-refractivity contribution in [3.8, 4) is 0 Å². The average Bonchev–Trinajstić information content (AvgIpc) is 2.32. The Morgan fingerprint density at radius 2 is 2.12 bits per heavy atom. The van der Waals surface area contributed by atoms with Gasteiger partial charge in [0, 0.05) is 29.7 Å². The van der Waals surface area contributed by atoms with Crippen LogP contribution in [0.15, 0.2) is 22.7 Å². The molecule has 96 valence electrons. The number of ether oxygens (including phenoxy) is 2. The van der Waals surface area contributed by atoms with Crippen LogP contribution in [0.5, 0.6) is 0 Å². The molecule has 0 aliphatic rings. The first-order chi connectivity index (χ1) is 8.24. The lowest BCUT2D eigenvalue weighted by Gasteiger charge is -2.08. The molecule has 1 aromatic rings. The lowest BCUT2D eigenvalue weighted by Crippen LogP contribution is -2.20. The van der Waals surface area contributed by atoms with Crippen molar-refractivity contribution >= 4 is 27.5 Å². The molecule has 0 spiro atoms. The van der Waals surface area contributed by atoms with Crippen molar-refractivity contribution in [3.63, 3.8) is 0 Å². The number of hydrogen-bond donors (Lipinski definition) is 1. The van der Waals surface area contributed by atoms with E-state index in [1.54, 1.807) is 7.11 Å². The highest BCUT2D eigenvalue weighted by molar-refractivity contribution is 9.10. The predicted octanol–water partition coefficient (Wildman–Crippen LogP) is 2.86. The standard InChI is InChI=1S/C12H17BrClNO2/c1-16-6-7-17-5-4-15-9-10-8-11(13)2-3-12(10)14/h2-3,8,15H,4-7,9H2,1H3. The van der Waals surface area contributed by atoms with Crippen LogP contribution in [0.2, 0.25) is 5.02 Å². The zero-order valence-corrected chi connectivity index (χ0v) is 12.2. The molecule has 1 aromatic carbocycles. The van der Waals surface area contributed by atoms with E-state index in [1.807, 2.05) is 18.2 Å². The van der Waals surface area contributed by atoms with Crippen LogP contribution in [0.1, 0.15) is 5.56 Å². The summed E-state index contributed by atoms with van der Waals surface area (Å²) in [4.78, 5) is 0. The molecule has 0 heterocycles. The van der Waals surface area contributed by atoms with E-state index in [4.69, 9.17) is 21.1 Å². The molecule has 0 atom stereocenters. The summed E-state index contributed by atoms with van der Waals surface area (Å²) in [5.41, 5.74) is 1.08. The van der Waals surface area contributed by atoms with Crippen molar-refractivity contribution in [2.75, 3.05) is 33.5 Å². The molecule has 0 saturated heterocycles. The third-order valence-corrected chi connectivity index (χ3v) is 3.04. The van der Waals surface area contributed by atoms with Gasteiger partial charge in [-0.05, 0) is 23.8 Å². The van der Waals surface area contributed by atoms with Crippen LogP contribution >= 0.6 is 27.5 Å². The van der Waals surface area contributed by atoms with Gasteiger partial charge in [-0.3, -0.25) is 0 Å². The van der Waals surface area contributed by atoms with E-state index in [0.717, 1.165) is 28.1 Å². The molecule has 0 aliphatic carbocycles. The van der Waals surface area contributed by atoms with E-state index in [9.17, 15) is 0 Å². The Bertz CT molecular complexity index is 336. The van der Waals surface area contributed by atoms with Gasteiger partial charge in [0.1, 0.15) is 0 Å². The number of methoxy groups -OCH3 is 1. The second kappa shape index (κ2) is 8.89. The Balaban J connectivity index is 2.15. The lowest BCUT2D eigenvalue weighted by molar-refractivity contribution is 0.0719. The van der Waals surface area contributed by atoms with Crippen LogP contribution in [-0.2, 0) is 16.0 Å². The molecule has 17 heavy (non-hydrogen) atoms. The van der Waals surface area contributed by atoms with Gasteiger partial charge >= 0.3 is 0 Å². The largest absolute Gasteiger partial charge is 0.382 e. The van der Waals surface area contributed by atoms with Crippen molar-refractivity contribution in [1.82, 2.24) is 5.32 Å². The lowest BCUT2D eigenvalue weighted by atomic mass is 10.2. The smallest absolute Gasteiger partial charge is 0.0700 e. The maximum atomic E-state index is 6.07. The molecule has 0 aromatic heterocycles. The number of nitrogens with one attached hydrogen (secondary N) is 1. The number of halogens is 2. The second-order valence-corrected chi connectivity index (χ2v) is 4.84. The molecule has 0 unspecified atom stereocenters. The minimum atomic E-state index is 0.635. The molecule has 0 amide bonds. The first-order valence-corrected chi connectivity index (χ1v) is 6.62. The molecular weight excluding hydrogens is 305 g/mol. The van der Waals surface area contributed by atoms with E-state index in [-0.39, 0.29) is 0 Å². The van der Waals surface area contributed by atoms with Gasteiger partial charge in [-0.1, -0.05) is 27.5 Å². The Morgan fingerprint density at radius 1 is 1.29 bits per heavy atom. The van der Waals surface area contributed by atoms with Gasteiger partial charge < -0.3 is 14.8 Å². The summed E-state index contributed by atoms with van der Waals surface area (Å²) in [6, 6.07) is 5.83. The summed E-state index contributed by atoms with van der Waals surface area (Å²) < 4.78 is 11.3. The average molecular weight is 323 g/mol. The number of benzene rings is 1. The molecule has 0 radical (unpaired) electrons. The van der Waals surface area contributed by atoms with Crippen LogP contribution in [0.3, 0.4) is 0 Å². The maximum Gasteiger partial charge on any atom is 0.0700 e. The first-order valence-electron chi connectivity index (χ1n) is 5.45. The van der Waals surface area contributed by atoms with Gasteiger partial charge in [-0.15, -0.1) is 0 Å². The van der Waals surface area contributed by atoms with E-state index in [2.05, 4.69) is 21.2 Å². The van der Waals surface area contributed by atoms with Crippen LogP contribution in [0.25, 0.3) is 0 Å². The highest BCUT2D eigenvalue weighted by atomic mass is 79.9. The van der Waals surface area contributed by atoms with Crippen molar-refractivity contribution in [3.05, 3.63) is 33.3 Å². The van der Waals surface area contributed by atoms with Gasteiger partial charge in [0.25, 0.3) is 0 Å². The number of hydrogen-bond acceptors (Lipinski definition) is 3. The third kappa shape index (κ3) is 6.38. The first kappa shape index (κ1) is 14.9. The number of rotatable bonds is 8. The second-order valence-electron chi connectivity index (χ2n) is 3.52. The fraction of sp³-hybridized carbons (Fsp3) is 0.500. The van der Waals surface area contributed by atoms with Gasteiger partial charge in [-0.25, -0.2) is 0 Å². The van der Waals surface area contributed by atoms with Gasteiger partial charge in [0.05, 0.1) is 19.8 Å². The Morgan fingerprint density at radius 3 is 2.88 bits per heavy atom. The minimum absolute atomic E-state index is 0.635. The SMILES string of the molecule is COCCOCCNCc1cc(Br)ccc1Cl. The van der Waals surface area contributed by atoms with Crippen LogP contribution in [-0.4, -0.2) is 33.5 Å². The minimum Gasteiger partial charge on any atom is -0.382 e. The summed E-state index contributed by atoms with van der Waals surface area (Å²) in [6.07, 6.45) is 0. The fourth-order valence-electron chi connectivity index (χ4n) is 1.29. The molecule has 0 aliphatic heterocycles. The zero-order valence-electron chi connectivity index (χ0n) is 9.84. The van der Waals surface area contributed by atoms with E-state index >= 15 is 0 Å². The van der Waals surface area contributed by atoms with Crippen molar-refractivity contribution in [1.29, 1.82) is 0 Å². The molecule has 3 nitrogen and oxygen atoms in total. The summed E-state index contributed by atoms with van der Waals surface area (Å²) in [7, 11) is 1.66. The monoisotopic (exact) mass is 321 g/mol. The third-order valence-electron chi connectivity index (χ3n) is 2.18. The highest BCUT2D eigenvalue weighted by Gasteiger charge is 2.00. The Kier molecular flexibility index (Phi) is 7.81. The molecule has 1 rings (SSSR count). The Labute approximate surface area is 116 Å². The summed E-state index contributed by atoms with van der Waals surface area (Å²) in [5, 5.41) is 4.05. The highest BCUT2D eigenvalue weighted by Crippen LogP contribution is 2.20. The van der Waals surface area contributed by atoms with Crippen LogP contribution in [0, 0.1) is 0 Å². The summed E-state index contributed by atoms with van der Waals surface area (Å²) in [5.74, 6) is 0. The summed E-state index contributed by atoms with van der Waals surface area (Å²) >= 11 is 9.49. The topological polar surface area (TPSA) is 30.5 Å². The van der Waals surface area contributed by atoms with E-state index < -0.39 is 0 Å². The molecule has 0 fully saturated rings. The normalized spacial score (nSPS) is 10.8. The predicted molar refractivity (Wildman–Crippen MR) is 73.6 cm³/mol. The van der Waals surface area contributed by atoms with E-state index in [0.29, 0.717) is 19.8 Å². The molecule has 0 saturated carbocycles. The van der Waals surface area contributed by atoms with Gasteiger partial charge in [0.15, 0.2) is 0 Å². The van der Waals surface area contributed by atoms with Gasteiger partial charge in [0.2, 0.25) is 0 Å². The van der Waals surface area contributed by atoms with Gasteiger partial charge in [-0.2, -0.15) is 0 Å². The van der Waals surface area contributed by atoms with Crippen molar-refractivity contribution < 1.29 is 9.47 Å². The molecule has 5 heteroatoms. The summed E-state index contributed by atoms with van der Waals surface area (Å²) in [6.45, 7) is 3.49. The quantitative estimate of drug-likeness (QED) is 0.747. The van der Waals surface area contributed by atoms with Crippen LogP contribution < -0.4 is 5.32 Å². The van der Waals surface area contributed by atoms with Crippen molar-refractivity contribution in [2.24, 2.45) is 0 Å². The maximum absolute atomic E-state index is 6.07. The molecular formula is C12H17BrClNO2.